The summed E-state index contributed by atoms with van der Waals surface area (Å²) in [6, 6.07) is 2.90. The Morgan fingerprint density at radius 1 is 1.57 bits per heavy atom. The lowest BCUT2D eigenvalue weighted by Gasteiger charge is -2.11. The van der Waals surface area contributed by atoms with Crippen LogP contribution >= 0.6 is 0 Å². The summed E-state index contributed by atoms with van der Waals surface area (Å²) in [5.74, 6) is -2.24. The molecular weight excluding hydrogens is 189 g/mol. The normalized spacial score (nSPS) is 12.5. The van der Waals surface area contributed by atoms with Gasteiger partial charge in [0.05, 0.1) is 18.2 Å². The van der Waals surface area contributed by atoms with Gasteiger partial charge < -0.3 is 15.9 Å². The average molecular weight is 199 g/mol. The third-order valence-electron chi connectivity index (χ3n) is 1.86. The molecule has 1 aromatic carbocycles. The van der Waals surface area contributed by atoms with Gasteiger partial charge in [0, 0.05) is 0 Å². The highest BCUT2D eigenvalue weighted by Crippen LogP contribution is 2.18. The van der Waals surface area contributed by atoms with E-state index < -0.39 is 30.0 Å². The van der Waals surface area contributed by atoms with Crippen LogP contribution in [0.1, 0.15) is 22.0 Å². The maximum atomic E-state index is 13.1. The number of hydrogen-bond acceptors (Lipinski definition) is 3. The van der Waals surface area contributed by atoms with Crippen LogP contribution in [0.2, 0.25) is 0 Å². The molecule has 0 amide bonds. The highest BCUT2D eigenvalue weighted by molar-refractivity contribution is 5.89. The van der Waals surface area contributed by atoms with E-state index in [0.717, 1.165) is 6.07 Å². The molecule has 4 nitrogen and oxygen atoms in total. The number of hydrogen-bond donors (Lipinski definition) is 3. The fourth-order valence-corrected chi connectivity index (χ4v) is 1.17. The molecule has 14 heavy (non-hydrogen) atoms. The Bertz CT molecular complexity index is 354. The van der Waals surface area contributed by atoms with Crippen LogP contribution < -0.4 is 5.73 Å². The number of nitrogens with two attached hydrogens (primary N) is 1. The molecule has 0 aromatic heterocycles. The van der Waals surface area contributed by atoms with E-state index in [2.05, 4.69) is 0 Å². The Morgan fingerprint density at radius 2 is 2.21 bits per heavy atom. The van der Waals surface area contributed by atoms with Crippen LogP contribution in [0.25, 0.3) is 0 Å². The number of carboxylic acids is 1. The molecule has 0 aliphatic heterocycles. The zero-order valence-corrected chi connectivity index (χ0v) is 7.27. The van der Waals surface area contributed by atoms with Crippen molar-refractivity contribution in [1.82, 2.24) is 0 Å². The first-order valence-electron chi connectivity index (χ1n) is 3.96. The SMILES string of the molecule is N[C@@H](CO)c1cccc(F)c1C(=O)O. The molecule has 4 N–H and O–H groups in total. The quantitative estimate of drug-likeness (QED) is 0.662. The summed E-state index contributed by atoms with van der Waals surface area (Å²) < 4.78 is 13.1. The summed E-state index contributed by atoms with van der Waals surface area (Å²) in [6.07, 6.45) is 0. The number of benzene rings is 1. The van der Waals surface area contributed by atoms with Gasteiger partial charge in [-0.2, -0.15) is 0 Å². The second-order valence-electron chi connectivity index (χ2n) is 2.80. The van der Waals surface area contributed by atoms with E-state index in [-0.39, 0.29) is 5.56 Å². The summed E-state index contributed by atoms with van der Waals surface area (Å²) in [5.41, 5.74) is 5.04. The van der Waals surface area contributed by atoms with Gasteiger partial charge >= 0.3 is 5.97 Å². The number of halogens is 1. The molecule has 0 bridgehead atoms. The Kier molecular flexibility index (Phi) is 3.16. The molecule has 0 aliphatic rings. The van der Waals surface area contributed by atoms with E-state index in [4.69, 9.17) is 15.9 Å². The van der Waals surface area contributed by atoms with Crippen molar-refractivity contribution in [2.24, 2.45) is 5.73 Å². The van der Waals surface area contributed by atoms with Crippen molar-refractivity contribution in [3.63, 3.8) is 0 Å². The second kappa shape index (κ2) is 4.17. The van der Waals surface area contributed by atoms with Gasteiger partial charge in [0.25, 0.3) is 0 Å². The monoisotopic (exact) mass is 199 g/mol. The molecule has 0 aliphatic carbocycles. The van der Waals surface area contributed by atoms with Crippen LogP contribution in [-0.4, -0.2) is 22.8 Å². The van der Waals surface area contributed by atoms with Crippen molar-refractivity contribution >= 4 is 5.97 Å². The smallest absolute Gasteiger partial charge is 0.339 e. The van der Waals surface area contributed by atoms with Gasteiger partial charge in [0.2, 0.25) is 0 Å². The minimum atomic E-state index is -1.39. The predicted molar refractivity (Wildman–Crippen MR) is 47.4 cm³/mol. The number of rotatable bonds is 3. The third-order valence-corrected chi connectivity index (χ3v) is 1.86. The first kappa shape index (κ1) is 10.6. The zero-order chi connectivity index (χ0) is 10.7. The summed E-state index contributed by atoms with van der Waals surface area (Å²) >= 11 is 0. The first-order valence-corrected chi connectivity index (χ1v) is 3.96. The Labute approximate surface area is 79.8 Å². The molecule has 5 heteroatoms. The van der Waals surface area contributed by atoms with E-state index in [9.17, 15) is 9.18 Å². The summed E-state index contributed by atoms with van der Waals surface area (Å²) in [7, 11) is 0. The zero-order valence-electron chi connectivity index (χ0n) is 7.27. The molecular formula is C9H10FNO3. The van der Waals surface area contributed by atoms with Gasteiger partial charge in [0.1, 0.15) is 5.82 Å². The lowest BCUT2D eigenvalue weighted by molar-refractivity contribution is 0.0689. The van der Waals surface area contributed by atoms with E-state index >= 15 is 0 Å². The van der Waals surface area contributed by atoms with Crippen molar-refractivity contribution in [3.8, 4) is 0 Å². The Morgan fingerprint density at radius 3 is 2.71 bits per heavy atom. The van der Waals surface area contributed by atoms with Crippen molar-refractivity contribution in [3.05, 3.63) is 35.1 Å². The number of carboxylic acid groups (broad SMARTS) is 1. The van der Waals surface area contributed by atoms with Crippen LogP contribution in [0.3, 0.4) is 0 Å². The third kappa shape index (κ3) is 1.89. The molecule has 1 aromatic rings. The maximum absolute atomic E-state index is 13.1. The molecule has 0 unspecified atom stereocenters. The number of aliphatic hydroxyl groups excluding tert-OH is 1. The van der Waals surface area contributed by atoms with Gasteiger partial charge in [-0.1, -0.05) is 12.1 Å². The molecule has 0 saturated carbocycles. The molecule has 0 saturated heterocycles. The lowest BCUT2D eigenvalue weighted by atomic mass is 10.0. The second-order valence-corrected chi connectivity index (χ2v) is 2.80. The minimum Gasteiger partial charge on any atom is -0.478 e. The number of aromatic carboxylic acids is 1. The first-order chi connectivity index (χ1) is 6.57. The van der Waals surface area contributed by atoms with Gasteiger partial charge in [-0.3, -0.25) is 0 Å². The summed E-state index contributed by atoms with van der Waals surface area (Å²) in [4.78, 5) is 10.7. The molecule has 76 valence electrons. The van der Waals surface area contributed by atoms with Crippen LogP contribution in [0.4, 0.5) is 4.39 Å². The van der Waals surface area contributed by atoms with E-state index in [0.29, 0.717) is 0 Å². The van der Waals surface area contributed by atoms with Gasteiger partial charge in [-0.05, 0) is 11.6 Å². The molecule has 0 fully saturated rings. The fraction of sp³-hybridized carbons (Fsp3) is 0.222. The van der Waals surface area contributed by atoms with Crippen molar-refractivity contribution in [2.75, 3.05) is 6.61 Å². The highest BCUT2D eigenvalue weighted by atomic mass is 19.1. The largest absolute Gasteiger partial charge is 0.478 e. The minimum absolute atomic E-state index is 0.0972. The summed E-state index contributed by atoms with van der Waals surface area (Å²) in [6.45, 7) is -0.427. The maximum Gasteiger partial charge on any atom is 0.339 e. The van der Waals surface area contributed by atoms with Crippen molar-refractivity contribution < 1.29 is 19.4 Å². The summed E-state index contributed by atoms with van der Waals surface area (Å²) in [5, 5.41) is 17.5. The van der Waals surface area contributed by atoms with Crippen LogP contribution in [0.15, 0.2) is 18.2 Å². The van der Waals surface area contributed by atoms with Gasteiger partial charge in [0.15, 0.2) is 0 Å². The number of aliphatic hydroxyl groups is 1. The van der Waals surface area contributed by atoms with Gasteiger partial charge in [-0.25, -0.2) is 9.18 Å². The topological polar surface area (TPSA) is 83.5 Å². The number of carbonyl (C=O) groups is 1. The van der Waals surface area contributed by atoms with E-state index in [1.807, 2.05) is 0 Å². The van der Waals surface area contributed by atoms with Crippen LogP contribution in [0, 0.1) is 5.82 Å². The molecule has 0 spiro atoms. The molecule has 1 atom stereocenters. The fourth-order valence-electron chi connectivity index (χ4n) is 1.17. The molecule has 0 heterocycles. The van der Waals surface area contributed by atoms with E-state index in [1.54, 1.807) is 0 Å². The lowest BCUT2D eigenvalue weighted by Crippen LogP contribution is -2.19. The Balaban J connectivity index is 3.28. The van der Waals surface area contributed by atoms with Crippen LogP contribution in [0.5, 0.6) is 0 Å². The van der Waals surface area contributed by atoms with E-state index in [1.165, 1.54) is 12.1 Å². The average Bonchev–Trinajstić information content (AvgIpc) is 2.15. The highest BCUT2D eigenvalue weighted by Gasteiger charge is 2.19. The standard InChI is InChI=1S/C9H10FNO3/c10-6-3-1-2-5(7(11)4-12)8(6)9(13)14/h1-3,7,12H,4,11H2,(H,13,14)/t7-/m0/s1. The van der Waals surface area contributed by atoms with Gasteiger partial charge in [-0.15, -0.1) is 0 Å². The predicted octanol–water partition coefficient (Wildman–Crippen LogP) is 0.516. The van der Waals surface area contributed by atoms with Crippen molar-refractivity contribution in [1.29, 1.82) is 0 Å². The molecule has 0 radical (unpaired) electrons. The molecule has 1 rings (SSSR count). The Hall–Kier alpha value is -1.46. The van der Waals surface area contributed by atoms with Crippen LogP contribution in [-0.2, 0) is 0 Å². The van der Waals surface area contributed by atoms with Crippen molar-refractivity contribution in [2.45, 2.75) is 6.04 Å².